The Labute approximate surface area is 209 Å². The summed E-state index contributed by atoms with van der Waals surface area (Å²) in [5, 5.41) is 10.3. The summed E-state index contributed by atoms with van der Waals surface area (Å²) in [7, 11) is 1.92. The Bertz CT molecular complexity index is 1320. The van der Waals surface area contributed by atoms with Crippen LogP contribution in [0.1, 0.15) is 35.2 Å². The van der Waals surface area contributed by atoms with E-state index in [-0.39, 0.29) is 5.91 Å². The fourth-order valence-electron chi connectivity index (χ4n) is 4.95. The van der Waals surface area contributed by atoms with Gasteiger partial charge in [0, 0.05) is 31.7 Å². The molecule has 1 amide bonds. The van der Waals surface area contributed by atoms with E-state index in [0.29, 0.717) is 48.1 Å². The Morgan fingerprint density at radius 3 is 2.77 bits per heavy atom. The van der Waals surface area contributed by atoms with Crippen LogP contribution in [0.15, 0.2) is 48.9 Å². The smallest absolute Gasteiger partial charge is 0.237 e. The van der Waals surface area contributed by atoms with Crippen LogP contribution in [0.5, 0.6) is 11.5 Å². The predicted octanol–water partition coefficient (Wildman–Crippen LogP) is 3.38. The SMILES string of the molecule is Cn1cncc1C1(N)CCCN2CCN(Cc3cc(ccc3Cl)Oc3cc1ccc3C#N)C(=O)C2. The number of amides is 1. The number of nitrogens with zero attached hydrogens (tertiary/aromatic N) is 5. The zero-order chi connectivity index (χ0) is 24.6. The number of fused-ring (bicyclic) bond motifs is 5. The number of halogens is 1. The third-order valence-electron chi connectivity index (χ3n) is 6.94. The number of carbonyl (C=O) groups is 1. The molecule has 1 aromatic heterocycles. The Balaban J connectivity index is 1.63. The van der Waals surface area contributed by atoms with Crippen molar-refractivity contribution >= 4 is 17.5 Å². The van der Waals surface area contributed by atoms with Gasteiger partial charge in [-0.1, -0.05) is 17.7 Å². The fraction of sp³-hybridized carbons (Fsp3) is 0.346. The average Bonchev–Trinajstić information content (AvgIpc) is 3.28. The minimum atomic E-state index is -0.856. The third-order valence-corrected chi connectivity index (χ3v) is 7.31. The molecule has 2 atom stereocenters. The Morgan fingerprint density at radius 2 is 2.03 bits per heavy atom. The molecule has 6 rings (SSSR count). The van der Waals surface area contributed by atoms with Gasteiger partial charge in [0.1, 0.15) is 17.6 Å². The van der Waals surface area contributed by atoms with Gasteiger partial charge >= 0.3 is 0 Å². The van der Waals surface area contributed by atoms with E-state index in [1.54, 1.807) is 30.7 Å². The maximum absolute atomic E-state index is 12.9. The lowest BCUT2D eigenvalue weighted by molar-refractivity contribution is -0.136. The van der Waals surface area contributed by atoms with Gasteiger partial charge in [0.05, 0.1) is 35.9 Å². The highest BCUT2D eigenvalue weighted by atomic mass is 35.5. The molecule has 3 aliphatic rings. The topological polar surface area (TPSA) is 100 Å². The first kappa shape index (κ1) is 23.4. The van der Waals surface area contributed by atoms with Crippen molar-refractivity contribution in [2.24, 2.45) is 12.8 Å². The van der Waals surface area contributed by atoms with Crippen molar-refractivity contribution in [3.05, 3.63) is 76.3 Å². The van der Waals surface area contributed by atoms with E-state index < -0.39 is 5.54 Å². The second kappa shape index (κ2) is 9.34. The summed E-state index contributed by atoms with van der Waals surface area (Å²) in [6.45, 7) is 2.97. The molecule has 0 radical (unpaired) electrons. The summed E-state index contributed by atoms with van der Waals surface area (Å²) < 4.78 is 8.13. The van der Waals surface area contributed by atoms with Crippen LogP contribution in [0, 0.1) is 11.3 Å². The van der Waals surface area contributed by atoms with Crippen molar-refractivity contribution in [1.29, 1.82) is 5.26 Å². The maximum Gasteiger partial charge on any atom is 0.237 e. The van der Waals surface area contributed by atoms with Gasteiger partial charge in [-0.15, -0.1) is 0 Å². The molecule has 8 nitrogen and oxygen atoms in total. The zero-order valence-corrected chi connectivity index (χ0v) is 20.3. The van der Waals surface area contributed by atoms with Gasteiger partial charge in [-0.3, -0.25) is 9.69 Å². The van der Waals surface area contributed by atoms with Gasteiger partial charge in [-0.25, -0.2) is 4.98 Å². The Kier molecular flexibility index (Phi) is 6.24. The second-order valence-electron chi connectivity index (χ2n) is 9.23. The van der Waals surface area contributed by atoms with Crippen LogP contribution in [0.3, 0.4) is 0 Å². The fourth-order valence-corrected chi connectivity index (χ4v) is 5.13. The van der Waals surface area contributed by atoms with E-state index in [0.717, 1.165) is 36.3 Å². The van der Waals surface area contributed by atoms with Crippen LogP contribution >= 0.6 is 11.6 Å². The van der Waals surface area contributed by atoms with Gasteiger partial charge in [0.25, 0.3) is 0 Å². The number of benzene rings is 2. The molecular formula is C26H27ClN6O2. The van der Waals surface area contributed by atoms with Crippen molar-refractivity contribution in [2.75, 3.05) is 26.2 Å². The number of nitriles is 1. The van der Waals surface area contributed by atoms with E-state index in [2.05, 4.69) is 16.0 Å². The number of piperazine rings is 1. The standard InChI is InChI=1S/C26H27ClN6O2/c1-31-17-30-14-24(31)26(29)7-2-8-32-9-10-33(25(34)16-32)15-19-11-21(5-6-22(19)27)35-23-12-20(26)4-3-18(23)13-28/h3-6,11-12,14,17H,2,7-10,15-16,29H2,1H3. The lowest BCUT2D eigenvalue weighted by Gasteiger charge is -2.36. The summed E-state index contributed by atoms with van der Waals surface area (Å²) in [5.74, 6) is 1.04. The zero-order valence-electron chi connectivity index (χ0n) is 19.6. The van der Waals surface area contributed by atoms with Crippen LogP contribution < -0.4 is 10.5 Å². The molecule has 3 aromatic rings. The van der Waals surface area contributed by atoms with Gasteiger partial charge in [0.2, 0.25) is 5.91 Å². The van der Waals surface area contributed by atoms with E-state index in [1.165, 1.54) is 0 Å². The molecule has 2 unspecified atom stereocenters. The van der Waals surface area contributed by atoms with E-state index in [4.69, 9.17) is 22.1 Å². The first-order valence-corrected chi connectivity index (χ1v) is 12.0. The number of carbonyl (C=O) groups excluding carboxylic acids is 1. The minimum Gasteiger partial charge on any atom is -0.456 e. The first-order valence-electron chi connectivity index (χ1n) is 11.6. The molecule has 35 heavy (non-hydrogen) atoms. The van der Waals surface area contributed by atoms with Gasteiger partial charge in [0.15, 0.2) is 0 Å². The van der Waals surface area contributed by atoms with Gasteiger partial charge < -0.3 is 19.9 Å². The van der Waals surface area contributed by atoms with Crippen LogP contribution in [0.2, 0.25) is 5.02 Å². The number of aryl methyl sites for hydroxylation is 1. The number of nitrogens with two attached hydrogens (primary N) is 1. The maximum atomic E-state index is 12.9. The van der Waals surface area contributed by atoms with Crippen LogP contribution in [0.4, 0.5) is 0 Å². The second-order valence-corrected chi connectivity index (χ2v) is 9.64. The molecule has 2 N–H and O–H groups in total. The number of ether oxygens (including phenoxy) is 1. The summed E-state index contributed by atoms with van der Waals surface area (Å²) in [6, 6.07) is 13.1. The molecule has 2 aromatic carbocycles. The van der Waals surface area contributed by atoms with Crippen molar-refractivity contribution in [3.63, 3.8) is 0 Å². The van der Waals surface area contributed by atoms with E-state index in [9.17, 15) is 10.1 Å². The number of hydrogen-bond donors (Lipinski definition) is 1. The van der Waals surface area contributed by atoms with E-state index >= 15 is 0 Å². The highest BCUT2D eigenvalue weighted by molar-refractivity contribution is 6.31. The molecule has 0 aliphatic carbocycles. The van der Waals surface area contributed by atoms with Crippen molar-refractivity contribution < 1.29 is 9.53 Å². The minimum absolute atomic E-state index is 0.0772. The lowest BCUT2D eigenvalue weighted by Crippen LogP contribution is -2.50. The van der Waals surface area contributed by atoms with Crippen molar-refractivity contribution in [1.82, 2.24) is 19.4 Å². The molecule has 4 heterocycles. The number of imidazole rings is 1. The molecule has 180 valence electrons. The summed E-state index contributed by atoms with van der Waals surface area (Å²) >= 11 is 6.47. The van der Waals surface area contributed by atoms with Gasteiger partial charge in [-0.05, 0) is 60.8 Å². The molecule has 0 saturated carbocycles. The Hall–Kier alpha value is -3.38. The summed E-state index contributed by atoms with van der Waals surface area (Å²) in [6.07, 6.45) is 4.94. The first-order chi connectivity index (χ1) is 16.9. The highest BCUT2D eigenvalue weighted by Crippen LogP contribution is 2.37. The lowest BCUT2D eigenvalue weighted by atomic mass is 9.82. The molecular weight excluding hydrogens is 464 g/mol. The molecule has 1 fully saturated rings. The number of hydrogen-bond acceptors (Lipinski definition) is 6. The van der Waals surface area contributed by atoms with Crippen molar-refractivity contribution in [3.8, 4) is 17.6 Å². The third kappa shape index (κ3) is 4.50. The highest BCUT2D eigenvalue weighted by Gasteiger charge is 2.34. The monoisotopic (exact) mass is 490 g/mol. The van der Waals surface area contributed by atoms with Gasteiger partial charge in [-0.2, -0.15) is 5.26 Å². The quantitative estimate of drug-likeness (QED) is 0.561. The van der Waals surface area contributed by atoms with E-state index in [1.807, 2.05) is 34.7 Å². The summed E-state index contributed by atoms with van der Waals surface area (Å²) in [4.78, 5) is 21.2. The number of rotatable bonds is 1. The normalized spacial score (nSPS) is 22.5. The summed E-state index contributed by atoms with van der Waals surface area (Å²) in [5.41, 5.74) is 9.17. The molecule has 6 bridgehead atoms. The number of aromatic nitrogens is 2. The predicted molar refractivity (Wildman–Crippen MR) is 132 cm³/mol. The molecule has 9 heteroatoms. The van der Waals surface area contributed by atoms with Crippen LogP contribution in [-0.2, 0) is 23.9 Å². The van der Waals surface area contributed by atoms with Crippen LogP contribution in [-0.4, -0.2) is 51.4 Å². The van der Waals surface area contributed by atoms with Crippen LogP contribution in [0.25, 0.3) is 0 Å². The Morgan fingerprint density at radius 1 is 1.17 bits per heavy atom. The molecule has 1 saturated heterocycles. The molecule has 0 spiro atoms. The average molecular weight is 491 g/mol. The molecule has 3 aliphatic heterocycles. The largest absolute Gasteiger partial charge is 0.456 e. The van der Waals surface area contributed by atoms with Crippen molar-refractivity contribution in [2.45, 2.75) is 24.9 Å².